The van der Waals surface area contributed by atoms with Crippen LogP contribution in [0.1, 0.15) is 0 Å². The molecule has 108 valence electrons. The Kier molecular flexibility index (Phi) is 4.22. The van der Waals surface area contributed by atoms with E-state index in [0.29, 0.717) is 6.07 Å². The van der Waals surface area contributed by atoms with Gasteiger partial charge in [-0.3, -0.25) is 4.79 Å². The van der Waals surface area contributed by atoms with Gasteiger partial charge in [0.15, 0.2) is 0 Å². The van der Waals surface area contributed by atoms with Crippen molar-refractivity contribution in [2.24, 2.45) is 5.92 Å². The summed E-state index contributed by atoms with van der Waals surface area (Å²) >= 11 is 2.92. The lowest BCUT2D eigenvalue weighted by Crippen LogP contribution is -2.56. The minimum Gasteiger partial charge on any atom is -0.359 e. The molecule has 5 nitrogen and oxygen atoms in total. The highest BCUT2D eigenvalue weighted by atomic mass is 79.9. The molecule has 0 aliphatic carbocycles. The fourth-order valence-electron chi connectivity index (χ4n) is 1.83. The summed E-state index contributed by atoms with van der Waals surface area (Å²) in [6, 6.07) is 1.31. The fraction of sp³-hybridized carbons (Fsp3) is 0.333. The number of likely N-dealkylation sites (tertiary alicyclic amines) is 1. The number of carbonyl (C=O) groups is 2. The largest absolute Gasteiger partial charge is 0.359 e. The van der Waals surface area contributed by atoms with E-state index in [9.17, 15) is 18.4 Å². The molecule has 1 aliphatic heterocycles. The van der Waals surface area contributed by atoms with Crippen LogP contribution < -0.4 is 10.6 Å². The van der Waals surface area contributed by atoms with Gasteiger partial charge in [0.05, 0.1) is 16.1 Å². The molecule has 3 amide bonds. The van der Waals surface area contributed by atoms with Crippen LogP contribution in [-0.2, 0) is 4.79 Å². The van der Waals surface area contributed by atoms with Crippen molar-refractivity contribution in [2.45, 2.75) is 0 Å². The summed E-state index contributed by atoms with van der Waals surface area (Å²) in [7, 11) is 1.52. The monoisotopic (exact) mass is 347 g/mol. The standard InChI is InChI=1S/C12H12BrF2N3O2/c1-16-11(19)6-4-18(5-6)12(20)17-10-2-7(13)8(14)3-9(10)15/h2-3,6H,4-5H2,1H3,(H,16,19)(H,17,20). The Labute approximate surface area is 122 Å². The van der Waals surface area contributed by atoms with E-state index in [1.54, 1.807) is 0 Å². The summed E-state index contributed by atoms with van der Waals surface area (Å²) < 4.78 is 26.6. The van der Waals surface area contributed by atoms with Crippen LogP contribution in [0, 0.1) is 17.6 Å². The Hall–Kier alpha value is -1.70. The Morgan fingerprint density at radius 1 is 1.30 bits per heavy atom. The molecular weight excluding hydrogens is 336 g/mol. The van der Waals surface area contributed by atoms with E-state index in [1.807, 2.05) is 0 Å². The lowest BCUT2D eigenvalue weighted by Gasteiger charge is -2.37. The molecule has 20 heavy (non-hydrogen) atoms. The quantitative estimate of drug-likeness (QED) is 0.803. The number of carbonyl (C=O) groups excluding carboxylic acids is 2. The number of halogens is 3. The molecule has 2 rings (SSSR count). The van der Waals surface area contributed by atoms with E-state index in [-0.39, 0.29) is 35.1 Å². The van der Waals surface area contributed by atoms with E-state index in [1.165, 1.54) is 11.9 Å². The lowest BCUT2D eigenvalue weighted by molar-refractivity contribution is -0.128. The Balaban J connectivity index is 1.97. The van der Waals surface area contributed by atoms with Gasteiger partial charge >= 0.3 is 6.03 Å². The highest BCUT2D eigenvalue weighted by Crippen LogP contribution is 2.25. The summed E-state index contributed by atoms with van der Waals surface area (Å²) in [6.45, 7) is 0.547. The first-order valence-electron chi connectivity index (χ1n) is 5.84. The molecule has 0 saturated carbocycles. The van der Waals surface area contributed by atoms with Gasteiger partial charge in [0, 0.05) is 26.2 Å². The van der Waals surface area contributed by atoms with Crippen molar-refractivity contribution in [1.82, 2.24) is 10.2 Å². The Morgan fingerprint density at radius 2 is 1.95 bits per heavy atom. The van der Waals surface area contributed by atoms with Crippen molar-refractivity contribution in [3.05, 3.63) is 28.2 Å². The normalized spacial score (nSPS) is 14.7. The van der Waals surface area contributed by atoms with Crippen LogP contribution in [-0.4, -0.2) is 37.0 Å². The van der Waals surface area contributed by atoms with Gasteiger partial charge in [-0.05, 0) is 22.0 Å². The van der Waals surface area contributed by atoms with Crippen LogP contribution in [0.4, 0.5) is 19.3 Å². The zero-order valence-electron chi connectivity index (χ0n) is 10.5. The van der Waals surface area contributed by atoms with E-state index in [2.05, 4.69) is 26.6 Å². The number of anilines is 1. The van der Waals surface area contributed by atoms with Crippen molar-refractivity contribution in [3.63, 3.8) is 0 Å². The molecule has 1 heterocycles. The molecule has 0 unspecified atom stereocenters. The molecule has 0 aromatic heterocycles. The van der Waals surface area contributed by atoms with Crippen LogP contribution in [0.15, 0.2) is 16.6 Å². The average molecular weight is 348 g/mol. The molecule has 8 heteroatoms. The summed E-state index contributed by atoms with van der Waals surface area (Å²) in [5, 5.41) is 4.84. The maximum Gasteiger partial charge on any atom is 0.321 e. The summed E-state index contributed by atoms with van der Waals surface area (Å²) in [5.74, 6) is -1.98. The molecule has 0 atom stereocenters. The number of hydrogen-bond acceptors (Lipinski definition) is 2. The molecule has 1 aromatic carbocycles. The number of nitrogens with zero attached hydrogens (tertiary/aromatic N) is 1. The van der Waals surface area contributed by atoms with E-state index in [4.69, 9.17) is 0 Å². The highest BCUT2D eigenvalue weighted by molar-refractivity contribution is 9.10. The molecule has 1 fully saturated rings. The molecule has 1 saturated heterocycles. The summed E-state index contributed by atoms with van der Waals surface area (Å²) in [4.78, 5) is 24.5. The van der Waals surface area contributed by atoms with Crippen molar-refractivity contribution >= 4 is 33.6 Å². The molecule has 0 spiro atoms. The number of benzene rings is 1. The molecule has 2 N–H and O–H groups in total. The second kappa shape index (κ2) is 5.74. The maximum atomic E-state index is 13.5. The van der Waals surface area contributed by atoms with Gasteiger partial charge in [0.25, 0.3) is 0 Å². The first kappa shape index (κ1) is 14.7. The van der Waals surface area contributed by atoms with Gasteiger partial charge in [-0.25, -0.2) is 13.6 Å². The fourth-order valence-corrected chi connectivity index (χ4v) is 2.17. The second-order valence-corrected chi connectivity index (χ2v) is 5.25. The Bertz CT molecular complexity index is 562. The smallest absolute Gasteiger partial charge is 0.321 e. The number of rotatable bonds is 2. The molecule has 0 radical (unpaired) electrons. The van der Waals surface area contributed by atoms with Crippen LogP contribution >= 0.6 is 15.9 Å². The van der Waals surface area contributed by atoms with Crippen LogP contribution in [0.2, 0.25) is 0 Å². The number of nitrogens with one attached hydrogen (secondary N) is 2. The number of amides is 3. The third-order valence-corrected chi connectivity index (χ3v) is 3.65. The van der Waals surface area contributed by atoms with Crippen LogP contribution in [0.25, 0.3) is 0 Å². The summed E-state index contributed by atoms with van der Waals surface area (Å²) in [5.41, 5.74) is -0.119. The average Bonchev–Trinajstić information content (AvgIpc) is 2.33. The minimum atomic E-state index is -0.859. The number of urea groups is 1. The van der Waals surface area contributed by atoms with Gasteiger partial charge in [0.2, 0.25) is 5.91 Å². The van der Waals surface area contributed by atoms with Crippen molar-refractivity contribution < 1.29 is 18.4 Å². The summed E-state index contributed by atoms with van der Waals surface area (Å²) in [6.07, 6.45) is 0. The molecule has 1 aromatic rings. The van der Waals surface area contributed by atoms with Crippen LogP contribution in [0.5, 0.6) is 0 Å². The van der Waals surface area contributed by atoms with E-state index in [0.717, 1.165) is 6.07 Å². The SMILES string of the molecule is CNC(=O)C1CN(C(=O)Nc2cc(Br)c(F)cc2F)C1. The molecule has 0 bridgehead atoms. The topological polar surface area (TPSA) is 61.4 Å². The first-order chi connectivity index (χ1) is 9.42. The van der Waals surface area contributed by atoms with Crippen LogP contribution in [0.3, 0.4) is 0 Å². The minimum absolute atomic E-state index is 0.0565. The zero-order chi connectivity index (χ0) is 14.9. The maximum absolute atomic E-state index is 13.5. The van der Waals surface area contributed by atoms with Gasteiger partial charge < -0.3 is 15.5 Å². The first-order valence-corrected chi connectivity index (χ1v) is 6.63. The molecular formula is C12H12BrF2N3O2. The Morgan fingerprint density at radius 3 is 2.55 bits per heavy atom. The zero-order valence-corrected chi connectivity index (χ0v) is 12.1. The van der Waals surface area contributed by atoms with E-state index >= 15 is 0 Å². The van der Waals surface area contributed by atoms with Gasteiger partial charge in [-0.1, -0.05) is 0 Å². The lowest BCUT2D eigenvalue weighted by atomic mass is 10.00. The third kappa shape index (κ3) is 2.90. The predicted octanol–water partition coefficient (Wildman–Crippen LogP) is 1.94. The van der Waals surface area contributed by atoms with Gasteiger partial charge in [0.1, 0.15) is 11.6 Å². The van der Waals surface area contributed by atoms with Crippen molar-refractivity contribution in [3.8, 4) is 0 Å². The second-order valence-electron chi connectivity index (χ2n) is 4.39. The van der Waals surface area contributed by atoms with Gasteiger partial charge in [-0.15, -0.1) is 0 Å². The number of hydrogen-bond donors (Lipinski definition) is 2. The van der Waals surface area contributed by atoms with Gasteiger partial charge in [-0.2, -0.15) is 0 Å². The predicted molar refractivity (Wildman–Crippen MR) is 72.2 cm³/mol. The van der Waals surface area contributed by atoms with E-state index < -0.39 is 17.7 Å². The van der Waals surface area contributed by atoms with Crippen molar-refractivity contribution in [2.75, 3.05) is 25.5 Å². The molecule has 1 aliphatic rings. The van der Waals surface area contributed by atoms with Crippen molar-refractivity contribution in [1.29, 1.82) is 0 Å². The third-order valence-electron chi connectivity index (χ3n) is 3.04. The highest BCUT2D eigenvalue weighted by Gasteiger charge is 2.35.